The number of benzene rings is 1. The van der Waals surface area contributed by atoms with Crippen LogP contribution in [0.2, 0.25) is 0 Å². The predicted octanol–water partition coefficient (Wildman–Crippen LogP) is 4.49. The van der Waals surface area contributed by atoms with E-state index in [2.05, 4.69) is 15.1 Å². The van der Waals surface area contributed by atoms with Gasteiger partial charge < -0.3 is 9.64 Å². The van der Waals surface area contributed by atoms with Gasteiger partial charge in [0.05, 0.1) is 17.2 Å². The third kappa shape index (κ3) is 4.18. The smallest absolute Gasteiger partial charge is 0.417 e. The normalized spacial score (nSPS) is 16.2. The molecule has 4 aromatic rings. The first kappa shape index (κ1) is 21.9. The van der Waals surface area contributed by atoms with E-state index in [0.717, 1.165) is 24.2 Å². The van der Waals surface area contributed by atoms with Crippen LogP contribution >= 0.6 is 0 Å². The van der Waals surface area contributed by atoms with Gasteiger partial charge in [-0.15, -0.1) is 0 Å². The highest BCUT2D eigenvalue weighted by Crippen LogP contribution is 2.31. The lowest BCUT2D eigenvalue weighted by atomic mass is 10.0. The Morgan fingerprint density at radius 2 is 1.91 bits per heavy atom. The van der Waals surface area contributed by atoms with Gasteiger partial charge in [-0.2, -0.15) is 18.3 Å². The second kappa shape index (κ2) is 8.77. The van der Waals surface area contributed by atoms with Crippen molar-refractivity contribution in [2.45, 2.75) is 25.1 Å². The molecule has 0 aliphatic carbocycles. The molecular formula is C24H20F3N5O2. The second-order valence-electron chi connectivity index (χ2n) is 7.97. The SMILES string of the molecule is O=C(c1nn2cccnc2c1-c1ccccc1)N1CCCC1COc1ccc(C(F)(F)F)cn1. The van der Waals surface area contributed by atoms with E-state index in [1.807, 2.05) is 30.3 Å². The molecule has 10 heteroatoms. The fraction of sp³-hybridized carbons (Fsp3) is 0.250. The molecule has 1 atom stereocenters. The van der Waals surface area contributed by atoms with Gasteiger partial charge >= 0.3 is 6.18 Å². The van der Waals surface area contributed by atoms with Crippen molar-refractivity contribution in [1.82, 2.24) is 24.5 Å². The van der Waals surface area contributed by atoms with E-state index in [1.165, 1.54) is 6.07 Å². The Labute approximate surface area is 192 Å². The topological polar surface area (TPSA) is 72.6 Å². The first-order valence-corrected chi connectivity index (χ1v) is 10.8. The van der Waals surface area contributed by atoms with Gasteiger partial charge in [0.2, 0.25) is 5.88 Å². The van der Waals surface area contributed by atoms with Crippen LogP contribution in [0.3, 0.4) is 0 Å². The van der Waals surface area contributed by atoms with Crippen LogP contribution in [-0.4, -0.2) is 49.6 Å². The van der Waals surface area contributed by atoms with Gasteiger partial charge in [0.15, 0.2) is 11.3 Å². The Balaban J connectivity index is 1.38. The van der Waals surface area contributed by atoms with Gasteiger partial charge in [-0.3, -0.25) is 4.79 Å². The van der Waals surface area contributed by atoms with Crippen LogP contribution in [-0.2, 0) is 6.18 Å². The molecule has 1 unspecified atom stereocenters. The van der Waals surface area contributed by atoms with E-state index in [4.69, 9.17) is 4.74 Å². The molecule has 1 aromatic carbocycles. The van der Waals surface area contributed by atoms with Gasteiger partial charge in [-0.1, -0.05) is 30.3 Å². The van der Waals surface area contributed by atoms with Crippen LogP contribution in [0.5, 0.6) is 5.88 Å². The Morgan fingerprint density at radius 1 is 1.09 bits per heavy atom. The van der Waals surface area contributed by atoms with E-state index in [9.17, 15) is 18.0 Å². The number of ether oxygens (including phenoxy) is 1. The lowest BCUT2D eigenvalue weighted by molar-refractivity contribution is -0.137. The maximum Gasteiger partial charge on any atom is 0.417 e. The van der Waals surface area contributed by atoms with Crippen molar-refractivity contribution in [2.24, 2.45) is 0 Å². The standard InChI is InChI=1S/C24H20F3N5O2/c25-24(26,27)17-9-10-19(29-14-17)34-15-18-8-4-12-31(18)23(33)21-20(16-6-2-1-3-7-16)22-28-11-5-13-32(22)30-21/h1-3,5-7,9-11,13-14,18H,4,8,12,15H2. The van der Waals surface area contributed by atoms with E-state index in [-0.39, 0.29) is 24.4 Å². The summed E-state index contributed by atoms with van der Waals surface area (Å²) in [6.45, 7) is 0.652. The molecule has 174 valence electrons. The molecule has 0 N–H and O–H groups in total. The highest BCUT2D eigenvalue weighted by atomic mass is 19.4. The van der Waals surface area contributed by atoms with Gasteiger partial charge in [-0.05, 0) is 30.5 Å². The number of carbonyl (C=O) groups is 1. The minimum Gasteiger partial charge on any atom is -0.475 e. The summed E-state index contributed by atoms with van der Waals surface area (Å²) in [5, 5.41) is 4.52. The van der Waals surface area contributed by atoms with Crippen molar-refractivity contribution < 1.29 is 22.7 Å². The number of alkyl halides is 3. The molecule has 3 aromatic heterocycles. The highest BCUT2D eigenvalue weighted by molar-refractivity contribution is 6.03. The quantitative estimate of drug-likeness (QED) is 0.432. The summed E-state index contributed by atoms with van der Waals surface area (Å²) in [6.07, 6.45) is 1.17. The van der Waals surface area contributed by atoms with Gasteiger partial charge in [0.1, 0.15) is 6.61 Å². The Hall–Kier alpha value is -3.95. The number of pyridine rings is 1. The van der Waals surface area contributed by atoms with Crippen molar-refractivity contribution in [3.05, 3.63) is 78.4 Å². The number of likely N-dealkylation sites (tertiary alicyclic amines) is 1. The van der Waals surface area contributed by atoms with E-state index in [0.29, 0.717) is 29.9 Å². The zero-order valence-electron chi connectivity index (χ0n) is 17.9. The maximum atomic E-state index is 13.6. The molecule has 0 saturated carbocycles. The maximum absolute atomic E-state index is 13.6. The molecule has 1 fully saturated rings. The molecule has 4 heterocycles. The van der Waals surface area contributed by atoms with E-state index < -0.39 is 11.7 Å². The molecule has 7 nitrogen and oxygen atoms in total. The van der Waals surface area contributed by atoms with Crippen LogP contribution in [0.25, 0.3) is 16.8 Å². The molecule has 1 amide bonds. The van der Waals surface area contributed by atoms with Crippen LogP contribution in [0.15, 0.2) is 67.1 Å². The van der Waals surface area contributed by atoms with E-state index >= 15 is 0 Å². The Morgan fingerprint density at radius 3 is 2.65 bits per heavy atom. The molecule has 0 bridgehead atoms. The largest absolute Gasteiger partial charge is 0.475 e. The third-order valence-corrected chi connectivity index (χ3v) is 5.79. The minimum atomic E-state index is -4.46. The van der Waals surface area contributed by atoms with Crippen molar-refractivity contribution in [3.8, 4) is 17.0 Å². The van der Waals surface area contributed by atoms with Gasteiger partial charge in [0.25, 0.3) is 5.91 Å². The first-order valence-electron chi connectivity index (χ1n) is 10.8. The summed E-state index contributed by atoms with van der Waals surface area (Å²) in [5.74, 6) is -0.162. The van der Waals surface area contributed by atoms with Crippen molar-refractivity contribution in [3.63, 3.8) is 0 Å². The summed E-state index contributed by atoms with van der Waals surface area (Å²) in [6, 6.07) is 13.1. The fourth-order valence-electron chi connectivity index (χ4n) is 4.13. The van der Waals surface area contributed by atoms with Crippen LogP contribution < -0.4 is 4.74 Å². The summed E-state index contributed by atoms with van der Waals surface area (Å²) in [5.41, 5.74) is 1.52. The number of halogens is 3. The minimum absolute atomic E-state index is 0.0780. The number of amides is 1. The summed E-state index contributed by atoms with van der Waals surface area (Å²) >= 11 is 0. The lowest BCUT2D eigenvalue weighted by Gasteiger charge is -2.24. The van der Waals surface area contributed by atoms with E-state index in [1.54, 1.807) is 27.9 Å². The first-order chi connectivity index (χ1) is 16.4. The molecule has 5 rings (SSSR count). The predicted molar refractivity (Wildman–Crippen MR) is 117 cm³/mol. The molecule has 1 saturated heterocycles. The molecule has 1 aliphatic heterocycles. The number of aromatic nitrogens is 4. The number of hydrogen-bond donors (Lipinski definition) is 0. The summed E-state index contributed by atoms with van der Waals surface area (Å²) in [4.78, 5) is 23.5. The number of fused-ring (bicyclic) bond motifs is 1. The highest BCUT2D eigenvalue weighted by Gasteiger charge is 2.34. The summed E-state index contributed by atoms with van der Waals surface area (Å²) in [7, 11) is 0. The fourth-order valence-corrected chi connectivity index (χ4v) is 4.13. The molecule has 0 radical (unpaired) electrons. The molecule has 1 aliphatic rings. The van der Waals surface area contributed by atoms with Crippen molar-refractivity contribution >= 4 is 11.6 Å². The number of carbonyl (C=O) groups excluding carboxylic acids is 1. The Bertz CT molecular complexity index is 1310. The number of rotatable bonds is 5. The molecule has 34 heavy (non-hydrogen) atoms. The lowest BCUT2D eigenvalue weighted by Crippen LogP contribution is -2.39. The second-order valence-corrected chi connectivity index (χ2v) is 7.97. The van der Waals surface area contributed by atoms with Crippen molar-refractivity contribution in [1.29, 1.82) is 0 Å². The van der Waals surface area contributed by atoms with Crippen LogP contribution in [0.4, 0.5) is 13.2 Å². The molecular weight excluding hydrogens is 447 g/mol. The van der Waals surface area contributed by atoms with Gasteiger partial charge in [-0.25, -0.2) is 14.5 Å². The zero-order valence-corrected chi connectivity index (χ0v) is 17.9. The molecule has 0 spiro atoms. The average molecular weight is 467 g/mol. The summed E-state index contributed by atoms with van der Waals surface area (Å²) < 4.78 is 45.5. The Kier molecular flexibility index (Phi) is 5.64. The van der Waals surface area contributed by atoms with Crippen LogP contribution in [0.1, 0.15) is 28.9 Å². The number of nitrogens with zero attached hydrogens (tertiary/aromatic N) is 5. The zero-order chi connectivity index (χ0) is 23.7. The van der Waals surface area contributed by atoms with Gasteiger partial charge in [0, 0.05) is 31.2 Å². The van der Waals surface area contributed by atoms with Crippen LogP contribution in [0, 0.1) is 0 Å². The van der Waals surface area contributed by atoms with Crippen molar-refractivity contribution in [2.75, 3.05) is 13.2 Å². The third-order valence-electron chi connectivity index (χ3n) is 5.79. The average Bonchev–Trinajstić information content (AvgIpc) is 3.47. The monoisotopic (exact) mass is 467 g/mol. The number of hydrogen-bond acceptors (Lipinski definition) is 5.